The lowest BCUT2D eigenvalue weighted by Crippen LogP contribution is -2.01. The summed E-state index contributed by atoms with van der Waals surface area (Å²) in [5.74, 6) is 0.761. The lowest BCUT2D eigenvalue weighted by Gasteiger charge is -2.14. The highest BCUT2D eigenvalue weighted by atomic mass is 79.9. The molecule has 1 atom stereocenters. The van der Waals surface area contributed by atoms with E-state index in [2.05, 4.69) is 22.9 Å². The zero-order chi connectivity index (χ0) is 15.4. The molecule has 0 saturated carbocycles. The zero-order valence-corrected chi connectivity index (χ0v) is 14.5. The Kier molecular flexibility index (Phi) is 5.94. The van der Waals surface area contributed by atoms with Gasteiger partial charge in [0.25, 0.3) is 0 Å². The van der Waals surface area contributed by atoms with Crippen molar-refractivity contribution < 1.29 is 9.84 Å². The summed E-state index contributed by atoms with van der Waals surface area (Å²) in [7, 11) is 0. The number of hydrogen-bond acceptors (Lipinski definition) is 2. The van der Waals surface area contributed by atoms with E-state index in [1.54, 1.807) is 18.2 Å². The van der Waals surface area contributed by atoms with Crippen LogP contribution >= 0.6 is 39.1 Å². The summed E-state index contributed by atoms with van der Waals surface area (Å²) < 4.78 is 6.40. The Hall–Kier alpha value is -0.740. The third kappa shape index (κ3) is 4.36. The predicted octanol–water partition coefficient (Wildman–Crippen LogP) is 5.63. The summed E-state index contributed by atoms with van der Waals surface area (Å²) >= 11 is 15.4. The molecule has 2 aromatic carbocycles. The summed E-state index contributed by atoms with van der Waals surface area (Å²) in [6, 6.07) is 10.5. The van der Waals surface area contributed by atoms with Crippen LogP contribution in [0.15, 0.2) is 40.9 Å². The van der Waals surface area contributed by atoms with Crippen molar-refractivity contribution in [2.75, 3.05) is 6.61 Å². The molecular formula is C16H15BrCl2O2. The summed E-state index contributed by atoms with van der Waals surface area (Å²) in [5, 5.41) is 11.5. The molecule has 0 saturated heterocycles. The van der Waals surface area contributed by atoms with Crippen LogP contribution in [-0.4, -0.2) is 11.7 Å². The second-order valence-electron chi connectivity index (χ2n) is 4.64. The first-order valence-electron chi connectivity index (χ1n) is 6.57. The highest BCUT2D eigenvalue weighted by Gasteiger charge is 2.14. The molecule has 0 amide bonds. The highest BCUT2D eigenvalue weighted by molar-refractivity contribution is 9.10. The van der Waals surface area contributed by atoms with Gasteiger partial charge in [0.15, 0.2) is 0 Å². The first-order chi connectivity index (χ1) is 10.0. The Balaban J connectivity index is 2.26. The van der Waals surface area contributed by atoms with Gasteiger partial charge in [0, 0.05) is 10.0 Å². The largest absolute Gasteiger partial charge is 0.492 e. The minimum atomic E-state index is -0.794. The van der Waals surface area contributed by atoms with Crippen molar-refractivity contribution in [2.24, 2.45) is 0 Å². The summed E-state index contributed by atoms with van der Waals surface area (Å²) in [5.41, 5.74) is 1.39. The number of aliphatic hydroxyl groups is 1. The van der Waals surface area contributed by atoms with E-state index in [4.69, 9.17) is 27.9 Å². The molecule has 2 rings (SSSR count). The number of benzene rings is 2. The molecular weight excluding hydrogens is 375 g/mol. The van der Waals surface area contributed by atoms with E-state index in [0.717, 1.165) is 22.2 Å². The van der Waals surface area contributed by atoms with Gasteiger partial charge in [-0.2, -0.15) is 0 Å². The quantitative estimate of drug-likeness (QED) is 0.718. The number of hydrogen-bond donors (Lipinski definition) is 1. The van der Waals surface area contributed by atoms with Crippen molar-refractivity contribution in [1.82, 2.24) is 0 Å². The molecule has 112 valence electrons. The molecule has 0 fully saturated rings. The number of ether oxygens (including phenoxy) is 1. The van der Waals surface area contributed by atoms with Crippen LogP contribution in [0.3, 0.4) is 0 Å². The van der Waals surface area contributed by atoms with Crippen molar-refractivity contribution in [3.05, 3.63) is 62.0 Å². The second kappa shape index (κ2) is 7.50. The van der Waals surface area contributed by atoms with Gasteiger partial charge in [0.2, 0.25) is 0 Å². The minimum absolute atomic E-state index is 0.499. The van der Waals surface area contributed by atoms with Crippen molar-refractivity contribution in [3.63, 3.8) is 0 Å². The van der Waals surface area contributed by atoms with Crippen LogP contribution in [0, 0.1) is 0 Å². The van der Waals surface area contributed by atoms with E-state index in [0.29, 0.717) is 22.2 Å². The lowest BCUT2D eigenvalue weighted by molar-refractivity contribution is 0.220. The average Bonchev–Trinajstić information content (AvgIpc) is 2.44. The maximum atomic E-state index is 10.5. The third-order valence-electron chi connectivity index (χ3n) is 2.93. The van der Waals surface area contributed by atoms with E-state index in [1.165, 1.54) is 0 Å². The number of halogens is 3. The van der Waals surface area contributed by atoms with E-state index in [1.807, 2.05) is 18.2 Å². The van der Waals surface area contributed by atoms with Crippen molar-refractivity contribution in [3.8, 4) is 5.75 Å². The first-order valence-corrected chi connectivity index (χ1v) is 8.12. The van der Waals surface area contributed by atoms with Gasteiger partial charge in [-0.25, -0.2) is 0 Å². The molecule has 0 aromatic heterocycles. The number of rotatable bonds is 5. The SMILES string of the molecule is CCCOc1ccc(C(O)c2cc(Cl)cc(Cl)c2)cc1Br. The molecule has 0 heterocycles. The maximum Gasteiger partial charge on any atom is 0.133 e. The number of aliphatic hydroxyl groups excluding tert-OH is 1. The molecule has 0 aliphatic rings. The summed E-state index contributed by atoms with van der Waals surface area (Å²) in [6.45, 7) is 2.71. The first kappa shape index (κ1) is 16.6. The normalized spacial score (nSPS) is 12.2. The van der Waals surface area contributed by atoms with E-state index < -0.39 is 6.10 Å². The molecule has 2 nitrogen and oxygen atoms in total. The van der Waals surface area contributed by atoms with Crippen molar-refractivity contribution in [1.29, 1.82) is 0 Å². The van der Waals surface area contributed by atoms with E-state index in [-0.39, 0.29) is 0 Å². The van der Waals surface area contributed by atoms with Crippen LogP contribution < -0.4 is 4.74 Å². The molecule has 0 bridgehead atoms. The van der Waals surface area contributed by atoms with Gasteiger partial charge in [-0.1, -0.05) is 36.2 Å². The fourth-order valence-electron chi connectivity index (χ4n) is 1.94. The Labute approximate surface area is 142 Å². The molecule has 0 aliphatic carbocycles. The van der Waals surface area contributed by atoms with E-state index >= 15 is 0 Å². The molecule has 21 heavy (non-hydrogen) atoms. The van der Waals surface area contributed by atoms with Gasteiger partial charge >= 0.3 is 0 Å². The molecule has 1 unspecified atom stereocenters. The van der Waals surface area contributed by atoms with Crippen molar-refractivity contribution >= 4 is 39.1 Å². The fraction of sp³-hybridized carbons (Fsp3) is 0.250. The second-order valence-corrected chi connectivity index (χ2v) is 6.37. The summed E-state index contributed by atoms with van der Waals surface area (Å²) in [6.07, 6.45) is 0.149. The van der Waals surface area contributed by atoms with Gasteiger partial charge in [-0.3, -0.25) is 0 Å². The monoisotopic (exact) mass is 388 g/mol. The average molecular weight is 390 g/mol. The van der Waals surface area contributed by atoms with Crippen LogP contribution in [0.4, 0.5) is 0 Å². The van der Waals surface area contributed by atoms with Crippen LogP contribution in [0.5, 0.6) is 5.75 Å². The zero-order valence-electron chi connectivity index (χ0n) is 11.4. The Morgan fingerprint density at radius 1 is 1.10 bits per heavy atom. The van der Waals surface area contributed by atoms with Gasteiger partial charge in [-0.05, 0) is 63.8 Å². The Bertz CT molecular complexity index is 611. The minimum Gasteiger partial charge on any atom is -0.492 e. The summed E-state index contributed by atoms with van der Waals surface area (Å²) in [4.78, 5) is 0. The Morgan fingerprint density at radius 2 is 1.76 bits per heavy atom. The van der Waals surface area contributed by atoms with Crippen LogP contribution in [-0.2, 0) is 0 Å². The highest BCUT2D eigenvalue weighted by Crippen LogP contribution is 2.32. The van der Waals surface area contributed by atoms with Gasteiger partial charge in [0.05, 0.1) is 11.1 Å². The van der Waals surface area contributed by atoms with Gasteiger partial charge < -0.3 is 9.84 Å². The third-order valence-corrected chi connectivity index (χ3v) is 3.99. The predicted molar refractivity (Wildman–Crippen MR) is 90.5 cm³/mol. The van der Waals surface area contributed by atoms with Crippen molar-refractivity contribution in [2.45, 2.75) is 19.4 Å². The van der Waals surface area contributed by atoms with Gasteiger partial charge in [-0.15, -0.1) is 0 Å². The molecule has 1 N–H and O–H groups in total. The van der Waals surface area contributed by atoms with E-state index in [9.17, 15) is 5.11 Å². The van der Waals surface area contributed by atoms with Gasteiger partial charge in [0.1, 0.15) is 11.9 Å². The molecule has 2 aromatic rings. The van der Waals surface area contributed by atoms with Crippen LogP contribution in [0.2, 0.25) is 10.0 Å². The molecule has 0 radical (unpaired) electrons. The Morgan fingerprint density at radius 3 is 2.33 bits per heavy atom. The molecule has 5 heteroatoms. The fourth-order valence-corrected chi connectivity index (χ4v) is 3.00. The topological polar surface area (TPSA) is 29.5 Å². The van der Waals surface area contributed by atoms with Crippen LogP contribution in [0.25, 0.3) is 0 Å². The maximum absolute atomic E-state index is 10.5. The van der Waals surface area contributed by atoms with Crippen LogP contribution in [0.1, 0.15) is 30.6 Å². The smallest absolute Gasteiger partial charge is 0.133 e. The molecule has 0 spiro atoms. The standard InChI is InChI=1S/C16H15BrCl2O2/c1-2-5-21-15-4-3-10(8-14(15)17)16(20)11-6-12(18)9-13(19)7-11/h3-4,6-9,16,20H,2,5H2,1H3. The lowest BCUT2D eigenvalue weighted by atomic mass is 10.0. The molecule has 0 aliphatic heterocycles.